The van der Waals surface area contributed by atoms with Crippen LogP contribution in [0.15, 0.2) is 24.3 Å². The van der Waals surface area contributed by atoms with Gasteiger partial charge in [0.15, 0.2) is 0 Å². The van der Waals surface area contributed by atoms with Crippen LogP contribution in [0.3, 0.4) is 0 Å². The molecule has 4 nitrogen and oxygen atoms in total. The third kappa shape index (κ3) is 2.67. The van der Waals surface area contributed by atoms with Crippen molar-refractivity contribution in [2.24, 2.45) is 0 Å². The third-order valence-corrected chi connectivity index (χ3v) is 5.98. The van der Waals surface area contributed by atoms with Crippen LogP contribution in [0.5, 0.6) is 0 Å². The molecule has 4 rings (SSSR count). The molecule has 2 aliphatic rings. The standard InChI is InChI=1S/C18H21N3OS/c1-12-19-20-17(23-12)18(22)21-11-5-10-16(21)15-9-4-7-13-6-2-3-8-14(13)15/h2-3,6,8,15-16H,4-5,7,9-11H2,1H3/t15-,16+/m1/s1. The summed E-state index contributed by atoms with van der Waals surface area (Å²) in [5.41, 5.74) is 2.92. The van der Waals surface area contributed by atoms with E-state index in [9.17, 15) is 4.79 Å². The minimum atomic E-state index is 0.0705. The van der Waals surface area contributed by atoms with Gasteiger partial charge in [0.1, 0.15) is 5.01 Å². The van der Waals surface area contributed by atoms with E-state index in [0.29, 0.717) is 17.0 Å². The van der Waals surface area contributed by atoms with E-state index in [4.69, 9.17) is 0 Å². The lowest BCUT2D eigenvalue weighted by Crippen LogP contribution is -2.40. The second-order valence-corrected chi connectivity index (χ2v) is 7.71. The van der Waals surface area contributed by atoms with Crippen molar-refractivity contribution >= 4 is 17.2 Å². The van der Waals surface area contributed by atoms with E-state index in [0.717, 1.165) is 24.4 Å². The molecule has 1 aromatic heterocycles. The van der Waals surface area contributed by atoms with E-state index in [1.165, 1.54) is 41.7 Å². The largest absolute Gasteiger partial charge is 0.333 e. The van der Waals surface area contributed by atoms with Gasteiger partial charge in [0.05, 0.1) is 0 Å². The molecule has 0 unspecified atom stereocenters. The highest BCUT2D eigenvalue weighted by Crippen LogP contribution is 2.40. The van der Waals surface area contributed by atoms with Crippen LogP contribution in [-0.4, -0.2) is 33.6 Å². The number of benzene rings is 1. The fourth-order valence-electron chi connectivity index (χ4n) is 4.16. The van der Waals surface area contributed by atoms with Crippen molar-refractivity contribution in [3.05, 3.63) is 45.4 Å². The van der Waals surface area contributed by atoms with E-state index in [1.807, 2.05) is 6.92 Å². The van der Waals surface area contributed by atoms with Crippen molar-refractivity contribution in [2.75, 3.05) is 6.54 Å². The predicted molar refractivity (Wildman–Crippen MR) is 90.8 cm³/mol. The van der Waals surface area contributed by atoms with Crippen LogP contribution in [0.1, 0.15) is 57.5 Å². The molecule has 2 heterocycles. The first-order valence-electron chi connectivity index (χ1n) is 8.43. The van der Waals surface area contributed by atoms with Crippen molar-refractivity contribution < 1.29 is 4.79 Å². The molecule has 120 valence electrons. The Morgan fingerprint density at radius 1 is 1.22 bits per heavy atom. The first kappa shape index (κ1) is 14.8. The Morgan fingerprint density at radius 2 is 2.09 bits per heavy atom. The molecule has 23 heavy (non-hydrogen) atoms. The van der Waals surface area contributed by atoms with Gasteiger partial charge in [-0.3, -0.25) is 4.79 Å². The molecule has 0 radical (unpaired) electrons. The molecule has 2 atom stereocenters. The Morgan fingerprint density at radius 3 is 2.91 bits per heavy atom. The first-order chi connectivity index (χ1) is 11.2. The summed E-state index contributed by atoms with van der Waals surface area (Å²) in [6.07, 6.45) is 5.76. The van der Waals surface area contributed by atoms with Crippen LogP contribution in [0, 0.1) is 6.92 Å². The van der Waals surface area contributed by atoms with Gasteiger partial charge in [0.2, 0.25) is 5.01 Å². The lowest BCUT2D eigenvalue weighted by atomic mass is 9.78. The molecule has 1 aliphatic heterocycles. The number of hydrogen-bond donors (Lipinski definition) is 0. The summed E-state index contributed by atoms with van der Waals surface area (Å²) >= 11 is 1.40. The Balaban J connectivity index is 1.63. The molecule has 1 fully saturated rings. The normalized spacial score (nSPS) is 23.8. The van der Waals surface area contributed by atoms with Gasteiger partial charge in [0.25, 0.3) is 5.91 Å². The van der Waals surface area contributed by atoms with Gasteiger partial charge < -0.3 is 4.90 Å². The van der Waals surface area contributed by atoms with Gasteiger partial charge in [-0.1, -0.05) is 35.6 Å². The Hall–Kier alpha value is -1.75. The lowest BCUT2D eigenvalue weighted by Gasteiger charge is -2.35. The van der Waals surface area contributed by atoms with Gasteiger partial charge in [-0.25, -0.2) is 0 Å². The van der Waals surface area contributed by atoms with Gasteiger partial charge in [-0.05, 0) is 50.2 Å². The molecule has 0 spiro atoms. The van der Waals surface area contributed by atoms with E-state index in [-0.39, 0.29) is 5.91 Å². The number of fused-ring (bicyclic) bond motifs is 1. The van der Waals surface area contributed by atoms with Crippen molar-refractivity contribution in [1.82, 2.24) is 15.1 Å². The van der Waals surface area contributed by atoms with E-state index in [2.05, 4.69) is 39.4 Å². The van der Waals surface area contributed by atoms with Crippen LogP contribution in [0.2, 0.25) is 0 Å². The number of hydrogen-bond acceptors (Lipinski definition) is 4. The average molecular weight is 327 g/mol. The van der Waals surface area contributed by atoms with Gasteiger partial charge >= 0.3 is 0 Å². The molecule has 1 aromatic carbocycles. The minimum absolute atomic E-state index is 0.0705. The number of rotatable bonds is 2. The molecular weight excluding hydrogens is 306 g/mol. The minimum Gasteiger partial charge on any atom is -0.333 e. The van der Waals surface area contributed by atoms with E-state index < -0.39 is 0 Å². The van der Waals surface area contributed by atoms with Crippen LogP contribution in [0.25, 0.3) is 0 Å². The zero-order chi connectivity index (χ0) is 15.8. The number of amides is 1. The molecule has 1 saturated heterocycles. The van der Waals surface area contributed by atoms with Crippen LogP contribution in [-0.2, 0) is 6.42 Å². The Labute approximate surface area is 140 Å². The van der Waals surface area contributed by atoms with Crippen LogP contribution < -0.4 is 0 Å². The predicted octanol–water partition coefficient (Wildman–Crippen LogP) is 3.57. The average Bonchev–Trinajstić information content (AvgIpc) is 3.22. The second-order valence-electron chi connectivity index (χ2n) is 6.53. The highest BCUT2D eigenvalue weighted by atomic mass is 32.1. The lowest BCUT2D eigenvalue weighted by molar-refractivity contribution is 0.0709. The summed E-state index contributed by atoms with van der Waals surface area (Å²) in [6.45, 7) is 2.74. The van der Waals surface area contributed by atoms with Crippen molar-refractivity contribution in [1.29, 1.82) is 0 Å². The van der Waals surface area contributed by atoms with Crippen molar-refractivity contribution in [3.63, 3.8) is 0 Å². The molecule has 1 amide bonds. The summed E-state index contributed by atoms with van der Waals surface area (Å²) in [6, 6.07) is 9.08. The second kappa shape index (κ2) is 6.04. The smallest absolute Gasteiger partial charge is 0.285 e. The number of aryl methyl sites for hydroxylation is 2. The van der Waals surface area contributed by atoms with Crippen LogP contribution in [0.4, 0.5) is 0 Å². The number of likely N-dealkylation sites (tertiary alicyclic amines) is 1. The summed E-state index contributed by atoms with van der Waals surface area (Å²) < 4.78 is 0. The first-order valence-corrected chi connectivity index (χ1v) is 9.24. The topological polar surface area (TPSA) is 46.1 Å². The number of nitrogens with zero attached hydrogens (tertiary/aromatic N) is 3. The van der Waals surface area contributed by atoms with Crippen molar-refractivity contribution in [2.45, 2.75) is 51.0 Å². The van der Waals surface area contributed by atoms with Gasteiger partial charge in [0, 0.05) is 18.5 Å². The van der Waals surface area contributed by atoms with Crippen LogP contribution >= 0.6 is 11.3 Å². The maximum absolute atomic E-state index is 12.9. The van der Waals surface area contributed by atoms with Gasteiger partial charge in [-0.2, -0.15) is 0 Å². The molecule has 0 bridgehead atoms. The summed E-state index contributed by atoms with van der Waals surface area (Å²) in [4.78, 5) is 14.9. The maximum atomic E-state index is 12.9. The fourth-order valence-corrected chi connectivity index (χ4v) is 4.81. The quantitative estimate of drug-likeness (QED) is 0.847. The SMILES string of the molecule is Cc1nnc(C(=O)N2CCC[C@H]2[C@@H]2CCCc3ccccc32)s1. The number of carbonyl (C=O) groups excluding carboxylic acids is 1. The third-order valence-electron chi connectivity index (χ3n) is 5.15. The molecule has 5 heteroatoms. The highest BCUT2D eigenvalue weighted by molar-refractivity contribution is 7.13. The number of carbonyl (C=O) groups is 1. The Bertz CT molecular complexity index is 727. The molecule has 2 aromatic rings. The molecular formula is C18H21N3OS. The summed E-state index contributed by atoms with van der Waals surface area (Å²) in [5, 5.41) is 9.46. The Kier molecular flexibility index (Phi) is 3.89. The summed E-state index contributed by atoms with van der Waals surface area (Å²) in [7, 11) is 0. The van der Waals surface area contributed by atoms with Crippen molar-refractivity contribution in [3.8, 4) is 0 Å². The zero-order valence-corrected chi connectivity index (χ0v) is 14.2. The molecule has 1 aliphatic carbocycles. The molecule has 0 saturated carbocycles. The van der Waals surface area contributed by atoms with E-state index >= 15 is 0 Å². The molecule has 0 N–H and O–H groups in total. The van der Waals surface area contributed by atoms with E-state index in [1.54, 1.807) is 0 Å². The fraction of sp³-hybridized carbons (Fsp3) is 0.500. The highest BCUT2D eigenvalue weighted by Gasteiger charge is 2.38. The maximum Gasteiger partial charge on any atom is 0.285 e. The zero-order valence-electron chi connectivity index (χ0n) is 13.4. The number of aromatic nitrogens is 2. The van der Waals surface area contributed by atoms with Gasteiger partial charge in [-0.15, -0.1) is 10.2 Å². The monoisotopic (exact) mass is 327 g/mol. The summed E-state index contributed by atoms with van der Waals surface area (Å²) in [5.74, 6) is 0.543.